The Bertz CT molecular complexity index is 1700. The van der Waals surface area contributed by atoms with Crippen molar-refractivity contribution in [2.45, 2.75) is 39.8 Å². The molecule has 0 aliphatic heterocycles. The predicted molar refractivity (Wildman–Crippen MR) is 195 cm³/mol. The van der Waals surface area contributed by atoms with Gasteiger partial charge in [0.2, 0.25) is 11.8 Å². The van der Waals surface area contributed by atoms with Gasteiger partial charge in [-0.25, -0.2) is 9.13 Å². The van der Waals surface area contributed by atoms with Gasteiger partial charge in [0.25, 0.3) is 0 Å². The molecule has 10 heteroatoms. The maximum atomic E-state index is 12.5. The second kappa shape index (κ2) is 20.5. The highest BCUT2D eigenvalue weighted by Crippen LogP contribution is 2.20. The summed E-state index contributed by atoms with van der Waals surface area (Å²) in [5.74, 6) is -0.437. The van der Waals surface area contributed by atoms with E-state index in [9.17, 15) is 9.59 Å². The zero-order valence-electron chi connectivity index (χ0n) is 28.2. The molecule has 258 valence electrons. The van der Waals surface area contributed by atoms with Crippen LogP contribution >= 0.6 is 0 Å². The third kappa shape index (κ3) is 12.8. The number of carbonyl (C=O) groups is 2. The normalized spacial score (nSPS) is 10.6. The first-order valence-electron chi connectivity index (χ1n) is 16.3. The van der Waals surface area contributed by atoms with Gasteiger partial charge in [-0.15, -0.1) is 0 Å². The number of hydrogen-bond donors (Lipinski definition) is 4. The van der Waals surface area contributed by atoms with Crippen LogP contribution < -0.4 is 64.4 Å². The number of carbonyl (C=O) groups excluding carboxylic acids is 2. The molecule has 0 atom stereocenters. The van der Waals surface area contributed by atoms with Crippen LogP contribution in [0.4, 0.5) is 34.1 Å². The number of halogens is 2. The van der Waals surface area contributed by atoms with E-state index < -0.39 is 0 Å². The lowest BCUT2D eigenvalue weighted by atomic mass is 10.1. The fraction of sp³-hybridized carbons (Fsp3) is 0.150. The number of aryl methyl sites for hydroxylation is 2. The molecule has 0 spiro atoms. The second-order valence-electron chi connectivity index (χ2n) is 11.4. The van der Waals surface area contributed by atoms with Gasteiger partial charge in [-0.2, -0.15) is 0 Å². The number of hydrogen-bond acceptors (Lipinski definition) is 4. The Kier molecular flexibility index (Phi) is 16.1. The first kappa shape index (κ1) is 39.4. The molecule has 0 bridgehead atoms. The lowest BCUT2D eigenvalue weighted by molar-refractivity contribution is -0.697. The molecule has 5 rings (SSSR count). The third-order valence-corrected chi connectivity index (χ3v) is 7.42. The first-order chi connectivity index (χ1) is 23.4. The Morgan fingerprint density at radius 3 is 1.10 bits per heavy atom. The summed E-state index contributed by atoms with van der Waals surface area (Å²) >= 11 is 0. The predicted octanol–water partition coefficient (Wildman–Crippen LogP) is 1.88. The van der Waals surface area contributed by atoms with Crippen LogP contribution in [0.3, 0.4) is 0 Å². The fourth-order valence-corrected chi connectivity index (χ4v) is 4.93. The number of nitrogens with one attached hydrogen (secondary N) is 4. The van der Waals surface area contributed by atoms with Crippen LogP contribution in [0.1, 0.15) is 37.8 Å². The first-order valence-corrected chi connectivity index (χ1v) is 16.3. The number of pyridine rings is 2. The van der Waals surface area contributed by atoms with Gasteiger partial charge in [-0.1, -0.05) is 38.1 Å². The molecule has 2 heterocycles. The van der Waals surface area contributed by atoms with E-state index >= 15 is 0 Å². The van der Waals surface area contributed by atoms with Gasteiger partial charge in [0, 0.05) is 72.0 Å². The molecule has 3 aromatic carbocycles. The summed E-state index contributed by atoms with van der Waals surface area (Å²) in [6.07, 6.45) is 16.9. The Balaban J connectivity index is 0.00000338. The molecule has 0 aliphatic carbocycles. The van der Waals surface area contributed by atoms with Gasteiger partial charge in [-0.3, -0.25) is 9.59 Å². The lowest BCUT2D eigenvalue weighted by Crippen LogP contribution is -3.00. The van der Waals surface area contributed by atoms with Crippen LogP contribution in [-0.4, -0.2) is 11.8 Å². The standard InChI is InChI=1S/C40H40N6O2.2BrH/c1-3-25-45-27-21-37(22-28-45)41-33-11-15-35(16-12-33)43-39(47)19-9-31-5-7-32(8-6-31)10-20-40(48)44-36-17-13-34(14-18-36)42-38-23-29-46(26-4-2)30-24-38;;/h5-24,27-30H,3-4,25-26H2,1-2H3,(H2,43,44,47,48);2*1H/b19-9+,20-10+;;. The van der Waals surface area contributed by atoms with Crippen molar-refractivity contribution in [2.75, 3.05) is 21.3 Å². The molecule has 4 N–H and O–H groups in total. The minimum atomic E-state index is -0.219. The average Bonchev–Trinajstić information content (AvgIpc) is 3.10. The van der Waals surface area contributed by atoms with E-state index in [0.29, 0.717) is 11.4 Å². The molecule has 0 fully saturated rings. The van der Waals surface area contributed by atoms with Crippen molar-refractivity contribution in [3.63, 3.8) is 0 Å². The Labute approximate surface area is 315 Å². The van der Waals surface area contributed by atoms with Gasteiger partial charge in [0.1, 0.15) is 13.1 Å². The topological polar surface area (TPSA) is 90.0 Å². The van der Waals surface area contributed by atoms with Crippen LogP contribution in [0.25, 0.3) is 12.2 Å². The second-order valence-corrected chi connectivity index (χ2v) is 11.4. The van der Waals surface area contributed by atoms with Crippen molar-refractivity contribution in [1.29, 1.82) is 0 Å². The van der Waals surface area contributed by atoms with Gasteiger partial charge in [0.05, 0.1) is 11.4 Å². The fourth-order valence-electron chi connectivity index (χ4n) is 4.93. The molecule has 0 saturated heterocycles. The van der Waals surface area contributed by atoms with Crippen LogP contribution in [-0.2, 0) is 22.7 Å². The lowest BCUT2D eigenvalue weighted by Gasteiger charge is -2.07. The van der Waals surface area contributed by atoms with E-state index in [2.05, 4.69) is 69.0 Å². The molecule has 50 heavy (non-hydrogen) atoms. The Morgan fingerprint density at radius 1 is 0.480 bits per heavy atom. The summed E-state index contributed by atoms with van der Waals surface area (Å²) in [7, 11) is 0. The zero-order valence-corrected chi connectivity index (χ0v) is 31.3. The minimum absolute atomic E-state index is 0. The quantitative estimate of drug-likeness (QED) is 0.102. The molecule has 8 nitrogen and oxygen atoms in total. The summed E-state index contributed by atoms with van der Waals surface area (Å²) in [6, 6.07) is 31.0. The third-order valence-electron chi connectivity index (χ3n) is 7.42. The zero-order chi connectivity index (χ0) is 33.6. The highest BCUT2D eigenvalue weighted by Gasteiger charge is 2.04. The molecule has 2 amide bonds. The molecular formula is C40H42Br2N6O2. The smallest absolute Gasteiger partial charge is 0.248 e. The summed E-state index contributed by atoms with van der Waals surface area (Å²) in [5, 5.41) is 12.5. The van der Waals surface area contributed by atoms with Crippen molar-refractivity contribution < 1.29 is 52.7 Å². The number of anilines is 6. The summed E-state index contributed by atoms with van der Waals surface area (Å²) < 4.78 is 4.30. The Hall–Kier alpha value is -5.06. The summed E-state index contributed by atoms with van der Waals surface area (Å²) in [5.41, 5.74) is 7.06. The van der Waals surface area contributed by atoms with Crippen molar-refractivity contribution in [2.24, 2.45) is 0 Å². The molecular weight excluding hydrogens is 756 g/mol. The van der Waals surface area contributed by atoms with Crippen molar-refractivity contribution in [3.05, 3.63) is 145 Å². The van der Waals surface area contributed by atoms with Gasteiger partial charge < -0.3 is 55.2 Å². The van der Waals surface area contributed by atoms with Gasteiger partial charge >= 0.3 is 0 Å². The average molecular weight is 799 g/mol. The minimum Gasteiger partial charge on any atom is -1.00 e. The number of rotatable bonds is 14. The maximum absolute atomic E-state index is 12.5. The van der Waals surface area contributed by atoms with Crippen LogP contribution in [0.2, 0.25) is 0 Å². The van der Waals surface area contributed by atoms with E-state index in [4.69, 9.17) is 0 Å². The highest BCUT2D eigenvalue weighted by molar-refractivity contribution is 6.02. The SMILES string of the molecule is CCC[n+]1ccc(Nc2ccc(NC(=O)/C=C/c3ccc(/C=C/C(=O)Nc4ccc(Nc5cc[n+](CCC)cc5)cc4)cc3)cc2)cc1.[Br-].[Br-]. The summed E-state index contributed by atoms with van der Waals surface area (Å²) in [4.78, 5) is 25.0. The number of amides is 2. The van der Waals surface area contributed by atoms with Crippen LogP contribution in [0.15, 0.2) is 134 Å². The van der Waals surface area contributed by atoms with Gasteiger partial charge in [0.15, 0.2) is 24.8 Å². The number of aromatic nitrogens is 2. The van der Waals surface area contributed by atoms with E-state index in [1.807, 2.05) is 97.1 Å². The van der Waals surface area contributed by atoms with E-state index in [1.54, 1.807) is 12.2 Å². The molecule has 2 aromatic heterocycles. The molecule has 0 saturated carbocycles. The number of nitrogens with zero attached hydrogens (tertiary/aromatic N) is 2. The van der Waals surface area contributed by atoms with Crippen molar-refractivity contribution in [1.82, 2.24) is 0 Å². The van der Waals surface area contributed by atoms with Crippen LogP contribution in [0.5, 0.6) is 0 Å². The monoisotopic (exact) mass is 796 g/mol. The number of benzene rings is 3. The summed E-state index contributed by atoms with van der Waals surface area (Å²) in [6.45, 7) is 6.31. The van der Waals surface area contributed by atoms with Gasteiger partial charge in [-0.05, 0) is 71.8 Å². The molecule has 0 aliphatic rings. The largest absolute Gasteiger partial charge is 1.00 e. The van der Waals surface area contributed by atoms with E-state index in [-0.39, 0.29) is 45.8 Å². The van der Waals surface area contributed by atoms with Crippen molar-refractivity contribution in [3.8, 4) is 0 Å². The van der Waals surface area contributed by atoms with E-state index in [0.717, 1.165) is 59.8 Å². The van der Waals surface area contributed by atoms with Crippen molar-refractivity contribution >= 4 is 58.1 Å². The molecule has 5 aromatic rings. The van der Waals surface area contributed by atoms with Crippen LogP contribution in [0, 0.1) is 0 Å². The van der Waals surface area contributed by atoms with E-state index in [1.165, 1.54) is 12.2 Å². The molecule has 0 unspecified atom stereocenters. The molecule has 0 radical (unpaired) electrons. The maximum Gasteiger partial charge on any atom is 0.248 e. The Morgan fingerprint density at radius 2 is 0.780 bits per heavy atom. The highest BCUT2D eigenvalue weighted by atomic mass is 79.9.